The van der Waals surface area contributed by atoms with E-state index in [0.29, 0.717) is 6.54 Å². The second-order valence-corrected chi connectivity index (χ2v) is 4.11. The topological polar surface area (TPSA) is 35.2 Å². The standard InChI is InChI=1S/C13H21NO/c1-9-7-10(2)13(11(3)8-9)12(15-4)5-6-14/h7-8,12H,5-6,14H2,1-4H3. The van der Waals surface area contributed by atoms with Gasteiger partial charge in [-0.15, -0.1) is 0 Å². The lowest BCUT2D eigenvalue weighted by molar-refractivity contribution is 0.0967. The first-order chi connectivity index (χ1) is 7.10. The van der Waals surface area contributed by atoms with Crippen LogP contribution >= 0.6 is 0 Å². The Morgan fingerprint density at radius 1 is 1.20 bits per heavy atom. The highest BCUT2D eigenvalue weighted by Crippen LogP contribution is 2.27. The molecule has 2 N–H and O–H groups in total. The Kier molecular flexibility index (Phi) is 4.30. The highest BCUT2D eigenvalue weighted by molar-refractivity contribution is 5.39. The third kappa shape index (κ3) is 2.80. The molecule has 1 unspecified atom stereocenters. The van der Waals surface area contributed by atoms with Crippen LogP contribution in [0.4, 0.5) is 0 Å². The molecule has 1 atom stereocenters. The number of methoxy groups -OCH3 is 1. The van der Waals surface area contributed by atoms with Crippen molar-refractivity contribution in [2.75, 3.05) is 13.7 Å². The fourth-order valence-electron chi connectivity index (χ4n) is 2.23. The van der Waals surface area contributed by atoms with Gasteiger partial charge >= 0.3 is 0 Å². The van der Waals surface area contributed by atoms with Crippen molar-refractivity contribution in [2.24, 2.45) is 5.73 Å². The van der Waals surface area contributed by atoms with E-state index in [-0.39, 0.29) is 6.10 Å². The van der Waals surface area contributed by atoms with E-state index in [1.807, 2.05) is 0 Å². The van der Waals surface area contributed by atoms with E-state index in [1.54, 1.807) is 7.11 Å². The predicted octanol–water partition coefficient (Wildman–Crippen LogP) is 2.65. The van der Waals surface area contributed by atoms with E-state index in [9.17, 15) is 0 Å². The highest BCUT2D eigenvalue weighted by Gasteiger charge is 2.14. The summed E-state index contributed by atoms with van der Waals surface area (Å²) in [6, 6.07) is 4.40. The van der Waals surface area contributed by atoms with Gasteiger partial charge in [0.1, 0.15) is 0 Å². The molecule has 0 saturated carbocycles. The molecular formula is C13H21NO. The van der Waals surface area contributed by atoms with Crippen LogP contribution in [0.5, 0.6) is 0 Å². The van der Waals surface area contributed by atoms with Gasteiger partial charge in [-0.25, -0.2) is 0 Å². The number of benzene rings is 1. The summed E-state index contributed by atoms with van der Waals surface area (Å²) in [6.45, 7) is 7.05. The average molecular weight is 207 g/mol. The van der Waals surface area contributed by atoms with Gasteiger partial charge in [-0.05, 0) is 50.4 Å². The lowest BCUT2D eigenvalue weighted by Crippen LogP contribution is -2.11. The maximum atomic E-state index is 5.59. The van der Waals surface area contributed by atoms with Crippen molar-refractivity contribution in [3.8, 4) is 0 Å². The summed E-state index contributed by atoms with van der Waals surface area (Å²) in [5.41, 5.74) is 10.8. The molecule has 1 rings (SSSR count). The molecule has 0 amide bonds. The molecule has 0 spiro atoms. The first kappa shape index (κ1) is 12.2. The Morgan fingerprint density at radius 3 is 2.13 bits per heavy atom. The lowest BCUT2D eigenvalue weighted by atomic mass is 9.94. The van der Waals surface area contributed by atoms with Gasteiger partial charge in [0.25, 0.3) is 0 Å². The van der Waals surface area contributed by atoms with Gasteiger partial charge in [0.2, 0.25) is 0 Å². The van der Waals surface area contributed by atoms with Crippen LogP contribution in [-0.4, -0.2) is 13.7 Å². The van der Waals surface area contributed by atoms with E-state index >= 15 is 0 Å². The fraction of sp³-hybridized carbons (Fsp3) is 0.538. The first-order valence-corrected chi connectivity index (χ1v) is 5.40. The van der Waals surface area contributed by atoms with Crippen molar-refractivity contribution < 1.29 is 4.74 Å². The van der Waals surface area contributed by atoms with Crippen molar-refractivity contribution in [1.29, 1.82) is 0 Å². The minimum Gasteiger partial charge on any atom is -0.377 e. The number of nitrogens with two attached hydrogens (primary N) is 1. The average Bonchev–Trinajstić information content (AvgIpc) is 2.14. The molecule has 0 bridgehead atoms. The van der Waals surface area contributed by atoms with Crippen LogP contribution in [0, 0.1) is 20.8 Å². The molecule has 1 aromatic rings. The molecule has 0 aliphatic carbocycles. The van der Waals surface area contributed by atoms with E-state index < -0.39 is 0 Å². The quantitative estimate of drug-likeness (QED) is 0.823. The SMILES string of the molecule is COC(CCN)c1c(C)cc(C)cc1C. The summed E-state index contributed by atoms with van der Waals surface area (Å²) < 4.78 is 5.50. The molecule has 0 fully saturated rings. The largest absolute Gasteiger partial charge is 0.377 e. The molecule has 0 saturated heterocycles. The van der Waals surface area contributed by atoms with E-state index in [1.165, 1.54) is 22.3 Å². The van der Waals surface area contributed by atoms with E-state index in [4.69, 9.17) is 10.5 Å². The Bertz CT molecular complexity index is 310. The predicted molar refractivity (Wildman–Crippen MR) is 64.1 cm³/mol. The normalized spacial score (nSPS) is 12.9. The van der Waals surface area contributed by atoms with Crippen molar-refractivity contribution in [3.05, 3.63) is 34.4 Å². The Labute approximate surface area is 92.4 Å². The monoisotopic (exact) mass is 207 g/mol. The van der Waals surface area contributed by atoms with Gasteiger partial charge in [-0.1, -0.05) is 17.7 Å². The van der Waals surface area contributed by atoms with Crippen molar-refractivity contribution in [3.63, 3.8) is 0 Å². The summed E-state index contributed by atoms with van der Waals surface area (Å²) in [5.74, 6) is 0. The van der Waals surface area contributed by atoms with Crippen molar-refractivity contribution in [1.82, 2.24) is 0 Å². The summed E-state index contributed by atoms with van der Waals surface area (Å²) in [6.07, 6.45) is 1.01. The van der Waals surface area contributed by atoms with Crippen LogP contribution in [0.3, 0.4) is 0 Å². The zero-order valence-electron chi connectivity index (χ0n) is 10.1. The smallest absolute Gasteiger partial charge is 0.0838 e. The molecule has 0 aromatic heterocycles. The van der Waals surface area contributed by atoms with Crippen LogP contribution in [0.1, 0.15) is 34.8 Å². The number of ether oxygens (including phenoxy) is 1. The third-order valence-electron chi connectivity index (χ3n) is 2.77. The molecule has 15 heavy (non-hydrogen) atoms. The molecular weight excluding hydrogens is 186 g/mol. The zero-order valence-corrected chi connectivity index (χ0v) is 10.1. The van der Waals surface area contributed by atoms with E-state index in [0.717, 1.165) is 6.42 Å². The van der Waals surface area contributed by atoms with Gasteiger partial charge < -0.3 is 10.5 Å². The second-order valence-electron chi connectivity index (χ2n) is 4.11. The maximum Gasteiger partial charge on any atom is 0.0838 e. The van der Waals surface area contributed by atoms with Crippen molar-refractivity contribution >= 4 is 0 Å². The molecule has 0 radical (unpaired) electrons. The Hall–Kier alpha value is -0.860. The first-order valence-electron chi connectivity index (χ1n) is 5.40. The van der Waals surface area contributed by atoms with Crippen LogP contribution in [0.25, 0.3) is 0 Å². The molecule has 2 nitrogen and oxygen atoms in total. The highest BCUT2D eigenvalue weighted by atomic mass is 16.5. The van der Waals surface area contributed by atoms with Gasteiger partial charge in [-0.3, -0.25) is 0 Å². The zero-order chi connectivity index (χ0) is 11.4. The summed E-state index contributed by atoms with van der Waals surface area (Å²) in [5, 5.41) is 0. The van der Waals surface area contributed by atoms with Crippen LogP contribution in [0.2, 0.25) is 0 Å². The number of hydrogen-bond acceptors (Lipinski definition) is 2. The van der Waals surface area contributed by atoms with Crippen LogP contribution in [0.15, 0.2) is 12.1 Å². The maximum absolute atomic E-state index is 5.59. The molecule has 2 heteroatoms. The molecule has 1 aromatic carbocycles. The van der Waals surface area contributed by atoms with Crippen molar-refractivity contribution in [2.45, 2.75) is 33.3 Å². The van der Waals surface area contributed by atoms with Gasteiger partial charge in [0.15, 0.2) is 0 Å². The Balaban J connectivity index is 3.11. The number of rotatable bonds is 4. The summed E-state index contributed by atoms with van der Waals surface area (Å²) in [4.78, 5) is 0. The number of aryl methyl sites for hydroxylation is 3. The van der Waals surface area contributed by atoms with Gasteiger partial charge in [0, 0.05) is 7.11 Å². The fourth-order valence-corrected chi connectivity index (χ4v) is 2.23. The van der Waals surface area contributed by atoms with Crippen LogP contribution in [-0.2, 0) is 4.74 Å². The molecule has 0 aliphatic heterocycles. The molecule has 84 valence electrons. The molecule has 0 aliphatic rings. The van der Waals surface area contributed by atoms with Gasteiger partial charge in [-0.2, -0.15) is 0 Å². The Morgan fingerprint density at radius 2 is 1.73 bits per heavy atom. The molecule has 0 heterocycles. The summed E-state index contributed by atoms with van der Waals surface area (Å²) in [7, 11) is 1.75. The van der Waals surface area contributed by atoms with Gasteiger partial charge in [0.05, 0.1) is 6.10 Å². The number of hydrogen-bond donors (Lipinski definition) is 1. The minimum atomic E-state index is 0.135. The van der Waals surface area contributed by atoms with Crippen LogP contribution < -0.4 is 5.73 Å². The minimum absolute atomic E-state index is 0.135. The summed E-state index contributed by atoms with van der Waals surface area (Å²) >= 11 is 0. The van der Waals surface area contributed by atoms with E-state index in [2.05, 4.69) is 32.9 Å². The second kappa shape index (κ2) is 5.29. The lowest BCUT2D eigenvalue weighted by Gasteiger charge is -2.20. The third-order valence-corrected chi connectivity index (χ3v) is 2.77.